The summed E-state index contributed by atoms with van der Waals surface area (Å²) in [4.78, 5) is 12.4. The lowest BCUT2D eigenvalue weighted by Gasteiger charge is -2.05. The first-order chi connectivity index (χ1) is 12.0. The second kappa shape index (κ2) is 5.58. The summed E-state index contributed by atoms with van der Waals surface area (Å²) < 4.78 is 32.0. The molecule has 1 amide bonds. The number of nitrogens with one attached hydrogen (secondary N) is 2. The van der Waals surface area contributed by atoms with Crippen molar-refractivity contribution in [2.45, 2.75) is 4.90 Å². The van der Waals surface area contributed by atoms with Crippen LogP contribution < -0.4 is 10.0 Å². The number of para-hydroxylation sites is 1. The summed E-state index contributed by atoms with van der Waals surface area (Å²) in [7, 11) is -2.25. The zero-order valence-corrected chi connectivity index (χ0v) is 14.1. The van der Waals surface area contributed by atoms with Crippen LogP contribution in [0.3, 0.4) is 0 Å². The highest BCUT2D eigenvalue weighted by atomic mass is 32.2. The summed E-state index contributed by atoms with van der Waals surface area (Å²) in [5.41, 5.74) is 2.19. The van der Waals surface area contributed by atoms with E-state index in [4.69, 9.17) is 4.42 Å². The first-order valence-corrected chi connectivity index (χ1v) is 9.06. The molecular weight excluding hydrogens is 340 g/mol. The molecule has 0 aliphatic carbocycles. The predicted molar refractivity (Wildman–Crippen MR) is 95.4 cm³/mol. The number of hydrogen-bond acceptors (Lipinski definition) is 4. The highest BCUT2D eigenvalue weighted by Gasteiger charge is 2.26. The van der Waals surface area contributed by atoms with Gasteiger partial charge < -0.3 is 9.73 Å². The minimum absolute atomic E-state index is 0.0979. The molecule has 6 nitrogen and oxygen atoms in total. The van der Waals surface area contributed by atoms with E-state index in [9.17, 15) is 13.2 Å². The van der Waals surface area contributed by atoms with Crippen molar-refractivity contribution >= 4 is 44.2 Å². The van der Waals surface area contributed by atoms with Crippen LogP contribution >= 0.6 is 0 Å². The monoisotopic (exact) mass is 354 g/mol. The third-order valence-electron chi connectivity index (χ3n) is 4.08. The number of rotatable bonds is 3. The molecule has 2 aromatic carbocycles. The number of furan rings is 1. The molecule has 3 aromatic rings. The molecule has 0 saturated heterocycles. The quantitative estimate of drug-likeness (QED) is 0.708. The van der Waals surface area contributed by atoms with Crippen molar-refractivity contribution in [3.8, 4) is 0 Å². The van der Waals surface area contributed by atoms with Gasteiger partial charge in [0.25, 0.3) is 5.91 Å². The number of benzene rings is 2. The molecular formula is C18H14N2O4S. The maximum absolute atomic E-state index is 12.3. The van der Waals surface area contributed by atoms with Gasteiger partial charge in [-0.25, -0.2) is 13.1 Å². The lowest BCUT2D eigenvalue weighted by molar-refractivity contribution is -0.110. The Labute approximate surface area is 144 Å². The van der Waals surface area contributed by atoms with E-state index in [1.54, 1.807) is 12.1 Å². The number of hydrogen-bond donors (Lipinski definition) is 2. The molecule has 0 unspecified atom stereocenters. The third-order valence-corrected chi connectivity index (χ3v) is 5.50. The first-order valence-electron chi connectivity index (χ1n) is 7.57. The molecule has 25 heavy (non-hydrogen) atoms. The summed E-state index contributed by atoms with van der Waals surface area (Å²) in [5.74, 6) is 0.232. The zero-order chi connectivity index (χ0) is 17.6. The normalized spacial score (nSPS) is 15.6. The molecule has 0 atom stereocenters. The van der Waals surface area contributed by atoms with E-state index in [1.807, 2.05) is 30.3 Å². The molecule has 1 aliphatic heterocycles. The highest BCUT2D eigenvalue weighted by molar-refractivity contribution is 7.89. The maximum Gasteiger partial charge on any atom is 0.256 e. The largest absolute Gasteiger partial charge is 0.457 e. The van der Waals surface area contributed by atoms with E-state index >= 15 is 0 Å². The van der Waals surface area contributed by atoms with Gasteiger partial charge in [-0.05, 0) is 43.5 Å². The van der Waals surface area contributed by atoms with E-state index in [1.165, 1.54) is 19.2 Å². The van der Waals surface area contributed by atoms with Gasteiger partial charge in [-0.1, -0.05) is 18.2 Å². The first kappa shape index (κ1) is 15.6. The molecule has 0 saturated carbocycles. The summed E-state index contributed by atoms with van der Waals surface area (Å²) in [5, 5.41) is 3.66. The Morgan fingerprint density at radius 3 is 2.68 bits per heavy atom. The molecule has 0 spiro atoms. The molecule has 0 fully saturated rings. The van der Waals surface area contributed by atoms with Crippen molar-refractivity contribution in [3.63, 3.8) is 0 Å². The zero-order valence-electron chi connectivity index (χ0n) is 13.2. The Kier molecular flexibility index (Phi) is 3.48. The highest BCUT2D eigenvalue weighted by Crippen LogP contribution is 2.35. The Morgan fingerprint density at radius 2 is 1.92 bits per heavy atom. The van der Waals surface area contributed by atoms with Crippen LogP contribution in [0.5, 0.6) is 0 Å². The van der Waals surface area contributed by atoms with Crippen LogP contribution in [0.4, 0.5) is 5.69 Å². The van der Waals surface area contributed by atoms with Crippen LogP contribution in [-0.4, -0.2) is 21.4 Å². The van der Waals surface area contributed by atoms with E-state index in [0.717, 1.165) is 11.0 Å². The van der Waals surface area contributed by atoms with Gasteiger partial charge in [0.2, 0.25) is 10.0 Å². The van der Waals surface area contributed by atoms with Gasteiger partial charge in [0.1, 0.15) is 11.3 Å². The van der Waals surface area contributed by atoms with Crippen molar-refractivity contribution in [1.29, 1.82) is 0 Å². The van der Waals surface area contributed by atoms with Crippen LogP contribution in [0, 0.1) is 0 Å². The fourth-order valence-corrected chi connectivity index (χ4v) is 3.57. The van der Waals surface area contributed by atoms with Gasteiger partial charge in [-0.15, -0.1) is 0 Å². The Morgan fingerprint density at radius 1 is 1.12 bits per heavy atom. The number of sulfonamides is 1. The summed E-state index contributed by atoms with van der Waals surface area (Å²) in [6, 6.07) is 13.9. The number of anilines is 1. The second-order valence-corrected chi connectivity index (χ2v) is 7.50. The Hall–Kier alpha value is -2.90. The standard InChI is InChI=1S/C18H14N2O4S/c1-19-25(22,23)13-6-7-16-14(10-13)15(18(21)20-16)9-12-8-11-4-2-3-5-17(11)24-12/h2-10,19H,1H3,(H,20,21). The average molecular weight is 354 g/mol. The molecule has 7 heteroatoms. The summed E-state index contributed by atoms with van der Waals surface area (Å²) in [6.07, 6.45) is 1.62. The van der Waals surface area contributed by atoms with Crippen LogP contribution in [0.1, 0.15) is 11.3 Å². The number of carbonyl (C=O) groups is 1. The van der Waals surface area contributed by atoms with Crippen molar-refractivity contribution in [3.05, 3.63) is 59.9 Å². The van der Waals surface area contributed by atoms with Gasteiger partial charge in [0, 0.05) is 16.6 Å². The summed E-state index contributed by atoms with van der Waals surface area (Å²) in [6.45, 7) is 0. The van der Waals surface area contributed by atoms with E-state index in [-0.39, 0.29) is 10.8 Å². The smallest absolute Gasteiger partial charge is 0.256 e. The number of fused-ring (bicyclic) bond motifs is 2. The Bertz CT molecular complexity index is 1110. The van der Waals surface area contributed by atoms with E-state index in [2.05, 4.69) is 10.0 Å². The van der Waals surface area contributed by atoms with Crippen molar-refractivity contribution < 1.29 is 17.6 Å². The molecule has 2 heterocycles. The van der Waals surface area contributed by atoms with Crippen LogP contribution in [0.2, 0.25) is 0 Å². The van der Waals surface area contributed by atoms with Crippen LogP contribution in [0.25, 0.3) is 22.6 Å². The van der Waals surface area contributed by atoms with Gasteiger partial charge in [0.15, 0.2) is 0 Å². The Balaban J connectivity index is 1.84. The maximum atomic E-state index is 12.3. The van der Waals surface area contributed by atoms with Crippen LogP contribution in [-0.2, 0) is 14.8 Å². The van der Waals surface area contributed by atoms with E-state index in [0.29, 0.717) is 22.6 Å². The van der Waals surface area contributed by atoms with E-state index < -0.39 is 10.0 Å². The molecule has 126 valence electrons. The molecule has 0 bridgehead atoms. The molecule has 1 aliphatic rings. The van der Waals surface area contributed by atoms with Gasteiger partial charge in [-0.2, -0.15) is 0 Å². The number of carbonyl (C=O) groups excluding carboxylic acids is 1. The average Bonchev–Trinajstić information content (AvgIpc) is 3.15. The summed E-state index contributed by atoms with van der Waals surface area (Å²) >= 11 is 0. The fraction of sp³-hybridized carbons (Fsp3) is 0.0556. The molecule has 0 radical (unpaired) electrons. The van der Waals surface area contributed by atoms with Gasteiger partial charge in [-0.3, -0.25) is 4.79 Å². The van der Waals surface area contributed by atoms with Crippen molar-refractivity contribution in [2.75, 3.05) is 12.4 Å². The second-order valence-electron chi connectivity index (χ2n) is 5.61. The molecule has 4 rings (SSSR count). The van der Waals surface area contributed by atoms with Crippen LogP contribution in [0.15, 0.2) is 57.8 Å². The lowest BCUT2D eigenvalue weighted by atomic mass is 10.1. The predicted octanol–water partition coefficient (Wildman–Crippen LogP) is 2.83. The minimum Gasteiger partial charge on any atom is -0.457 e. The number of amides is 1. The molecule has 2 N–H and O–H groups in total. The molecule has 1 aromatic heterocycles. The van der Waals surface area contributed by atoms with Gasteiger partial charge >= 0.3 is 0 Å². The topological polar surface area (TPSA) is 88.4 Å². The van der Waals surface area contributed by atoms with Crippen molar-refractivity contribution in [1.82, 2.24) is 4.72 Å². The third kappa shape index (κ3) is 2.63. The minimum atomic E-state index is -3.59. The lowest BCUT2D eigenvalue weighted by Crippen LogP contribution is -2.18. The SMILES string of the molecule is CNS(=O)(=O)c1ccc2c(c1)C(=Cc1cc3ccccc3o1)C(=O)N2. The van der Waals surface area contributed by atoms with Gasteiger partial charge in [0.05, 0.1) is 10.5 Å². The van der Waals surface area contributed by atoms with Crippen molar-refractivity contribution in [2.24, 2.45) is 0 Å². The fourth-order valence-electron chi connectivity index (χ4n) is 2.81.